The minimum absolute atomic E-state index is 0.604. The highest BCUT2D eigenvalue weighted by molar-refractivity contribution is 5.29. The first-order valence-electron chi connectivity index (χ1n) is 5.35. The third-order valence-electron chi connectivity index (χ3n) is 2.76. The molecule has 1 aliphatic rings. The smallest absolute Gasteiger partial charge is 0.225 e. The van der Waals surface area contributed by atoms with Crippen LogP contribution in [-0.4, -0.2) is 29.6 Å². The summed E-state index contributed by atoms with van der Waals surface area (Å²) in [5, 5.41) is 0. The molecule has 0 aliphatic carbocycles. The van der Waals surface area contributed by atoms with Crippen molar-refractivity contribution in [3.63, 3.8) is 0 Å². The number of nitrogens with one attached hydrogen (secondary N) is 1. The molecule has 0 amide bonds. The van der Waals surface area contributed by atoms with E-state index in [2.05, 4.69) is 20.3 Å². The third kappa shape index (κ3) is 2.64. The van der Waals surface area contributed by atoms with Crippen molar-refractivity contribution >= 4 is 5.95 Å². The highest BCUT2D eigenvalue weighted by Crippen LogP contribution is 2.18. The normalized spacial score (nSPS) is 21.7. The molecule has 1 aromatic heterocycles. The largest absolute Gasteiger partial charge is 0.341 e. The molecular formula is C10H17N5. The fourth-order valence-corrected chi connectivity index (χ4v) is 2.03. The molecule has 1 unspecified atom stereocenters. The van der Waals surface area contributed by atoms with Gasteiger partial charge in [0.2, 0.25) is 5.95 Å². The summed E-state index contributed by atoms with van der Waals surface area (Å²) in [6, 6.07) is 1.84. The van der Waals surface area contributed by atoms with Gasteiger partial charge in [-0.05, 0) is 24.8 Å². The molecule has 5 heteroatoms. The van der Waals surface area contributed by atoms with Crippen LogP contribution >= 0.6 is 0 Å². The maximum absolute atomic E-state index is 5.34. The number of aromatic nitrogens is 2. The van der Waals surface area contributed by atoms with Crippen molar-refractivity contribution in [3.8, 4) is 0 Å². The van der Waals surface area contributed by atoms with Gasteiger partial charge in [0, 0.05) is 32.0 Å². The van der Waals surface area contributed by atoms with Gasteiger partial charge >= 0.3 is 0 Å². The predicted octanol–water partition coefficient (Wildman–Crippen LogP) is 0.156. The molecule has 1 atom stereocenters. The lowest BCUT2D eigenvalue weighted by molar-refractivity contribution is 0.392. The second-order valence-electron chi connectivity index (χ2n) is 3.91. The Kier molecular flexibility index (Phi) is 3.47. The summed E-state index contributed by atoms with van der Waals surface area (Å²) < 4.78 is 0. The van der Waals surface area contributed by atoms with Gasteiger partial charge in [0.25, 0.3) is 0 Å². The van der Waals surface area contributed by atoms with E-state index in [0.29, 0.717) is 5.92 Å². The zero-order valence-electron chi connectivity index (χ0n) is 8.76. The molecule has 0 saturated carbocycles. The first kappa shape index (κ1) is 10.3. The molecule has 15 heavy (non-hydrogen) atoms. The molecule has 0 bridgehead atoms. The van der Waals surface area contributed by atoms with E-state index in [-0.39, 0.29) is 0 Å². The van der Waals surface area contributed by atoms with Crippen LogP contribution in [0.2, 0.25) is 0 Å². The average Bonchev–Trinajstić information content (AvgIpc) is 2.31. The Hall–Kier alpha value is -1.20. The van der Waals surface area contributed by atoms with Crippen LogP contribution in [0.4, 0.5) is 5.95 Å². The van der Waals surface area contributed by atoms with Crippen molar-refractivity contribution in [2.45, 2.75) is 12.8 Å². The van der Waals surface area contributed by atoms with E-state index in [1.54, 1.807) is 12.4 Å². The molecule has 0 radical (unpaired) electrons. The Balaban J connectivity index is 1.98. The van der Waals surface area contributed by atoms with Gasteiger partial charge in [-0.2, -0.15) is 0 Å². The minimum atomic E-state index is 0.604. The zero-order chi connectivity index (χ0) is 10.5. The number of nitrogens with zero attached hydrogens (tertiary/aromatic N) is 3. The Morgan fingerprint density at radius 3 is 3.00 bits per heavy atom. The van der Waals surface area contributed by atoms with Crippen LogP contribution in [0, 0.1) is 5.92 Å². The van der Waals surface area contributed by atoms with Gasteiger partial charge in [-0.3, -0.25) is 11.3 Å². The lowest BCUT2D eigenvalue weighted by Crippen LogP contribution is -2.41. The summed E-state index contributed by atoms with van der Waals surface area (Å²) in [6.07, 6.45) is 5.98. The lowest BCUT2D eigenvalue weighted by atomic mass is 9.98. The molecule has 0 spiro atoms. The predicted molar refractivity (Wildman–Crippen MR) is 59.2 cm³/mol. The van der Waals surface area contributed by atoms with E-state index in [1.807, 2.05) is 6.07 Å². The second kappa shape index (κ2) is 5.04. The van der Waals surface area contributed by atoms with E-state index >= 15 is 0 Å². The molecule has 1 saturated heterocycles. The van der Waals surface area contributed by atoms with E-state index in [0.717, 1.165) is 25.6 Å². The van der Waals surface area contributed by atoms with Crippen molar-refractivity contribution in [1.82, 2.24) is 15.4 Å². The molecule has 1 fully saturated rings. The number of piperidine rings is 1. The monoisotopic (exact) mass is 207 g/mol. The number of nitrogens with two attached hydrogens (primary N) is 1. The van der Waals surface area contributed by atoms with Crippen molar-refractivity contribution in [1.29, 1.82) is 0 Å². The Bertz CT molecular complexity index is 287. The molecule has 0 aromatic carbocycles. The number of hydrogen-bond acceptors (Lipinski definition) is 5. The Morgan fingerprint density at radius 2 is 2.27 bits per heavy atom. The zero-order valence-corrected chi connectivity index (χ0v) is 8.76. The number of hydrazine groups is 1. The maximum Gasteiger partial charge on any atom is 0.225 e. The van der Waals surface area contributed by atoms with Gasteiger partial charge < -0.3 is 4.90 Å². The van der Waals surface area contributed by atoms with Crippen LogP contribution in [0.1, 0.15) is 12.8 Å². The standard InChI is InChI=1S/C10H17N5/c11-14-7-9-3-1-6-15(8-9)10-12-4-2-5-13-10/h2,4-5,9,14H,1,3,6-8,11H2. The molecule has 1 aromatic rings. The molecule has 1 aliphatic heterocycles. The van der Waals surface area contributed by atoms with Crippen LogP contribution in [0.25, 0.3) is 0 Å². The van der Waals surface area contributed by atoms with Crippen LogP contribution in [0.5, 0.6) is 0 Å². The summed E-state index contributed by atoms with van der Waals surface area (Å²) >= 11 is 0. The van der Waals surface area contributed by atoms with Crippen LogP contribution in [0.15, 0.2) is 18.5 Å². The summed E-state index contributed by atoms with van der Waals surface area (Å²) in [5.41, 5.74) is 2.74. The fourth-order valence-electron chi connectivity index (χ4n) is 2.03. The molecule has 82 valence electrons. The Labute approximate surface area is 89.7 Å². The number of hydrogen-bond donors (Lipinski definition) is 2. The van der Waals surface area contributed by atoms with E-state index in [9.17, 15) is 0 Å². The molecule has 5 nitrogen and oxygen atoms in total. The summed E-state index contributed by atoms with van der Waals surface area (Å²) in [4.78, 5) is 10.7. The summed E-state index contributed by atoms with van der Waals surface area (Å²) in [7, 11) is 0. The quantitative estimate of drug-likeness (QED) is 0.546. The summed E-state index contributed by atoms with van der Waals surface area (Å²) in [5.74, 6) is 6.78. The van der Waals surface area contributed by atoms with Crippen molar-refractivity contribution in [2.75, 3.05) is 24.5 Å². The van der Waals surface area contributed by atoms with Crippen molar-refractivity contribution in [3.05, 3.63) is 18.5 Å². The van der Waals surface area contributed by atoms with Crippen molar-refractivity contribution in [2.24, 2.45) is 11.8 Å². The topological polar surface area (TPSA) is 67.1 Å². The van der Waals surface area contributed by atoms with Gasteiger partial charge in [-0.25, -0.2) is 9.97 Å². The van der Waals surface area contributed by atoms with Crippen LogP contribution < -0.4 is 16.2 Å². The highest BCUT2D eigenvalue weighted by Gasteiger charge is 2.20. The van der Waals surface area contributed by atoms with Gasteiger partial charge in [0.1, 0.15) is 0 Å². The third-order valence-corrected chi connectivity index (χ3v) is 2.76. The van der Waals surface area contributed by atoms with Gasteiger partial charge in [0.05, 0.1) is 0 Å². The first-order valence-corrected chi connectivity index (χ1v) is 5.35. The van der Waals surface area contributed by atoms with Crippen LogP contribution in [-0.2, 0) is 0 Å². The number of anilines is 1. The first-order chi connectivity index (χ1) is 7.40. The molecule has 3 N–H and O–H groups in total. The minimum Gasteiger partial charge on any atom is -0.341 e. The average molecular weight is 207 g/mol. The van der Waals surface area contributed by atoms with Gasteiger partial charge in [0.15, 0.2) is 0 Å². The molecule has 2 rings (SSSR count). The van der Waals surface area contributed by atoms with E-state index in [4.69, 9.17) is 5.84 Å². The lowest BCUT2D eigenvalue weighted by Gasteiger charge is -2.32. The summed E-state index contributed by atoms with van der Waals surface area (Å²) in [6.45, 7) is 2.91. The number of rotatable bonds is 3. The van der Waals surface area contributed by atoms with E-state index in [1.165, 1.54) is 12.8 Å². The molecule has 2 heterocycles. The molecular weight excluding hydrogens is 190 g/mol. The fraction of sp³-hybridized carbons (Fsp3) is 0.600. The Morgan fingerprint density at radius 1 is 1.47 bits per heavy atom. The second-order valence-corrected chi connectivity index (χ2v) is 3.91. The van der Waals surface area contributed by atoms with Gasteiger partial charge in [-0.1, -0.05) is 0 Å². The van der Waals surface area contributed by atoms with E-state index < -0.39 is 0 Å². The SMILES string of the molecule is NNCC1CCCN(c2ncccn2)C1. The maximum atomic E-state index is 5.34. The van der Waals surface area contributed by atoms with Crippen molar-refractivity contribution < 1.29 is 0 Å². The highest BCUT2D eigenvalue weighted by atomic mass is 15.3. The van der Waals surface area contributed by atoms with Crippen LogP contribution in [0.3, 0.4) is 0 Å². The van der Waals surface area contributed by atoms with Gasteiger partial charge in [-0.15, -0.1) is 0 Å².